The molecule has 0 radical (unpaired) electrons. The highest BCUT2D eigenvalue weighted by Crippen LogP contribution is 2.31. The van der Waals surface area contributed by atoms with E-state index in [-0.39, 0.29) is 0 Å². The summed E-state index contributed by atoms with van der Waals surface area (Å²) in [6, 6.07) is 12.2. The maximum atomic E-state index is 12.7. The molecule has 0 aliphatic heterocycles. The lowest BCUT2D eigenvalue weighted by Crippen LogP contribution is -2.04. The summed E-state index contributed by atoms with van der Waals surface area (Å²) in [7, 11) is 0. The van der Waals surface area contributed by atoms with Crippen LogP contribution in [0.15, 0.2) is 54.7 Å². The number of rotatable bonds is 2. The van der Waals surface area contributed by atoms with E-state index in [0.717, 1.165) is 23.3 Å². The molecule has 0 fully saturated rings. The maximum absolute atomic E-state index is 12.7. The van der Waals surface area contributed by atoms with Gasteiger partial charge in [0.15, 0.2) is 0 Å². The van der Waals surface area contributed by atoms with Crippen LogP contribution in [0.25, 0.3) is 22.5 Å². The summed E-state index contributed by atoms with van der Waals surface area (Å²) >= 11 is 5.91. The van der Waals surface area contributed by atoms with Gasteiger partial charge in [-0.1, -0.05) is 23.7 Å². The normalized spacial score (nSPS) is 11.5. The minimum atomic E-state index is -4.35. The lowest BCUT2D eigenvalue weighted by molar-refractivity contribution is -0.137. The number of aryl methyl sites for hydroxylation is 1. The Morgan fingerprint density at radius 2 is 1.50 bits per heavy atom. The highest BCUT2D eigenvalue weighted by Gasteiger charge is 2.30. The first kappa shape index (κ1) is 16.5. The Morgan fingerprint density at radius 1 is 0.875 bits per heavy atom. The third-order valence-corrected chi connectivity index (χ3v) is 3.71. The largest absolute Gasteiger partial charge is 0.416 e. The number of benzene rings is 1. The van der Waals surface area contributed by atoms with Gasteiger partial charge in [0.2, 0.25) is 0 Å². The second kappa shape index (κ2) is 6.24. The molecular formula is C18H12ClF3N2. The lowest BCUT2D eigenvalue weighted by Gasteiger charge is -2.10. The molecule has 0 unspecified atom stereocenters. The molecule has 0 aliphatic carbocycles. The van der Waals surface area contributed by atoms with E-state index >= 15 is 0 Å². The van der Waals surface area contributed by atoms with Crippen molar-refractivity contribution >= 4 is 11.6 Å². The fraction of sp³-hybridized carbons (Fsp3) is 0.111. The van der Waals surface area contributed by atoms with Crippen LogP contribution in [0.5, 0.6) is 0 Å². The molecule has 0 spiro atoms. The van der Waals surface area contributed by atoms with Crippen LogP contribution in [0.1, 0.15) is 11.1 Å². The Morgan fingerprint density at radius 3 is 2.08 bits per heavy atom. The zero-order valence-corrected chi connectivity index (χ0v) is 13.4. The van der Waals surface area contributed by atoms with E-state index in [0.29, 0.717) is 22.1 Å². The van der Waals surface area contributed by atoms with Crippen LogP contribution in [0.3, 0.4) is 0 Å². The number of pyridine rings is 2. The van der Waals surface area contributed by atoms with Crippen molar-refractivity contribution < 1.29 is 13.2 Å². The van der Waals surface area contributed by atoms with E-state index in [4.69, 9.17) is 11.6 Å². The summed E-state index contributed by atoms with van der Waals surface area (Å²) < 4.78 is 38.0. The minimum absolute atomic E-state index is 0.354. The summed E-state index contributed by atoms with van der Waals surface area (Å²) in [6.07, 6.45) is -2.77. The number of hydrogen-bond donors (Lipinski definition) is 0. The third-order valence-electron chi connectivity index (χ3n) is 3.50. The van der Waals surface area contributed by atoms with E-state index in [9.17, 15) is 13.2 Å². The molecule has 2 heterocycles. The molecule has 0 atom stereocenters. The molecule has 122 valence electrons. The van der Waals surface area contributed by atoms with Crippen LogP contribution in [-0.2, 0) is 6.18 Å². The average Bonchev–Trinajstić information content (AvgIpc) is 2.53. The van der Waals surface area contributed by atoms with Crippen LogP contribution in [-0.4, -0.2) is 9.97 Å². The van der Waals surface area contributed by atoms with E-state index in [1.165, 1.54) is 12.1 Å². The van der Waals surface area contributed by atoms with E-state index < -0.39 is 11.7 Å². The SMILES string of the molecule is Cc1cc(-c2ccc(C(F)(F)F)cc2)nc(-c2ccnc(Cl)c2)c1. The summed E-state index contributed by atoms with van der Waals surface area (Å²) in [4.78, 5) is 8.47. The first-order valence-electron chi connectivity index (χ1n) is 7.11. The van der Waals surface area contributed by atoms with E-state index in [2.05, 4.69) is 9.97 Å². The van der Waals surface area contributed by atoms with Gasteiger partial charge in [0, 0.05) is 17.3 Å². The zero-order valence-electron chi connectivity index (χ0n) is 12.6. The fourth-order valence-corrected chi connectivity index (χ4v) is 2.53. The molecule has 0 amide bonds. The Labute approximate surface area is 142 Å². The molecule has 1 aromatic carbocycles. The van der Waals surface area contributed by atoms with Crippen molar-refractivity contribution in [3.63, 3.8) is 0 Å². The van der Waals surface area contributed by atoms with Crippen LogP contribution in [0, 0.1) is 6.92 Å². The second-order valence-corrected chi connectivity index (χ2v) is 5.74. The van der Waals surface area contributed by atoms with Crippen LogP contribution >= 0.6 is 11.6 Å². The molecule has 3 aromatic rings. The van der Waals surface area contributed by atoms with Gasteiger partial charge in [0.25, 0.3) is 0 Å². The van der Waals surface area contributed by atoms with Gasteiger partial charge >= 0.3 is 6.18 Å². The molecule has 0 N–H and O–H groups in total. The Bertz CT molecular complexity index is 874. The number of aromatic nitrogens is 2. The van der Waals surface area contributed by atoms with Gasteiger partial charge < -0.3 is 0 Å². The summed E-state index contributed by atoms with van der Waals surface area (Å²) in [5.74, 6) is 0. The Balaban J connectivity index is 2.03. The summed E-state index contributed by atoms with van der Waals surface area (Å²) in [6.45, 7) is 1.90. The van der Waals surface area contributed by atoms with E-state index in [1.807, 2.05) is 19.1 Å². The molecule has 0 saturated heterocycles. The molecule has 0 bridgehead atoms. The highest BCUT2D eigenvalue weighted by atomic mass is 35.5. The van der Waals surface area contributed by atoms with Crippen molar-refractivity contribution in [3.8, 4) is 22.5 Å². The van der Waals surface area contributed by atoms with Crippen LogP contribution in [0.4, 0.5) is 13.2 Å². The topological polar surface area (TPSA) is 25.8 Å². The van der Waals surface area contributed by atoms with Gasteiger partial charge in [0.1, 0.15) is 5.15 Å². The van der Waals surface area contributed by atoms with Crippen LogP contribution in [0.2, 0.25) is 5.15 Å². The Hall–Kier alpha value is -2.40. The zero-order chi connectivity index (χ0) is 17.3. The number of hydrogen-bond acceptors (Lipinski definition) is 2. The predicted octanol–water partition coefficient (Wildman–Crippen LogP) is 5.79. The van der Waals surface area contributed by atoms with Gasteiger partial charge in [-0.15, -0.1) is 0 Å². The molecule has 3 rings (SSSR count). The molecule has 2 nitrogen and oxygen atoms in total. The number of halogens is 4. The van der Waals surface area contributed by atoms with Crippen molar-refractivity contribution in [2.75, 3.05) is 0 Å². The van der Waals surface area contributed by atoms with Crippen molar-refractivity contribution in [2.45, 2.75) is 13.1 Å². The minimum Gasteiger partial charge on any atom is -0.248 e. The van der Waals surface area contributed by atoms with Crippen LogP contribution < -0.4 is 0 Å². The Kier molecular flexibility index (Phi) is 4.28. The summed E-state index contributed by atoms with van der Waals surface area (Å²) in [5.41, 5.74) is 2.98. The van der Waals surface area contributed by atoms with Gasteiger partial charge in [-0.2, -0.15) is 13.2 Å². The first-order chi connectivity index (χ1) is 11.3. The first-order valence-corrected chi connectivity index (χ1v) is 7.49. The van der Waals surface area contributed by atoms with Gasteiger partial charge in [0.05, 0.1) is 17.0 Å². The van der Waals surface area contributed by atoms with Crippen molar-refractivity contribution in [1.29, 1.82) is 0 Å². The van der Waals surface area contributed by atoms with Gasteiger partial charge in [-0.05, 0) is 48.9 Å². The quantitative estimate of drug-likeness (QED) is 0.548. The maximum Gasteiger partial charge on any atom is 0.416 e. The highest BCUT2D eigenvalue weighted by molar-refractivity contribution is 6.29. The average molecular weight is 349 g/mol. The van der Waals surface area contributed by atoms with Gasteiger partial charge in [-0.25, -0.2) is 9.97 Å². The van der Waals surface area contributed by atoms with Gasteiger partial charge in [-0.3, -0.25) is 0 Å². The predicted molar refractivity (Wildman–Crippen MR) is 87.7 cm³/mol. The second-order valence-electron chi connectivity index (χ2n) is 5.36. The monoisotopic (exact) mass is 348 g/mol. The lowest BCUT2D eigenvalue weighted by atomic mass is 10.0. The molecule has 0 saturated carbocycles. The number of nitrogens with zero attached hydrogens (tertiary/aromatic N) is 2. The molecular weight excluding hydrogens is 337 g/mol. The standard InChI is InChI=1S/C18H12ClF3N2/c1-11-8-15(12-2-4-14(5-3-12)18(20,21)22)24-16(9-11)13-6-7-23-17(19)10-13/h2-10H,1H3. The third kappa shape index (κ3) is 3.57. The van der Waals surface area contributed by atoms with E-state index in [1.54, 1.807) is 18.3 Å². The number of alkyl halides is 3. The molecule has 24 heavy (non-hydrogen) atoms. The van der Waals surface area contributed by atoms with Crippen molar-refractivity contribution in [2.24, 2.45) is 0 Å². The summed E-state index contributed by atoms with van der Waals surface area (Å²) in [5, 5.41) is 0.354. The molecule has 2 aromatic heterocycles. The smallest absolute Gasteiger partial charge is 0.248 e. The van der Waals surface area contributed by atoms with Crippen molar-refractivity contribution in [1.82, 2.24) is 9.97 Å². The molecule has 6 heteroatoms. The fourth-order valence-electron chi connectivity index (χ4n) is 2.35. The molecule has 0 aliphatic rings. The van der Waals surface area contributed by atoms with Crippen molar-refractivity contribution in [3.05, 3.63) is 71.0 Å².